The first-order chi connectivity index (χ1) is 12.0. The summed E-state index contributed by atoms with van der Waals surface area (Å²) < 4.78 is 15.9. The number of anilines is 1. The Morgan fingerprint density at radius 2 is 1.76 bits per heavy atom. The third-order valence-corrected chi connectivity index (χ3v) is 5.72. The molecule has 2 aliphatic rings. The fraction of sp³-hybridized carbons (Fsp3) is 0.632. The van der Waals surface area contributed by atoms with Gasteiger partial charge in [-0.1, -0.05) is 6.42 Å². The van der Waals surface area contributed by atoms with E-state index in [1.807, 2.05) is 0 Å². The summed E-state index contributed by atoms with van der Waals surface area (Å²) in [4.78, 5) is 12.4. The quantitative estimate of drug-likeness (QED) is 0.823. The average Bonchev–Trinajstić information content (AvgIpc) is 3.23. The Kier molecular flexibility index (Phi) is 5.25. The molecule has 2 amide bonds. The number of carbonyl (C=O) groups excluding carboxylic acids is 1. The highest BCUT2D eigenvalue weighted by Gasteiger charge is 2.42. The Labute approximate surface area is 149 Å². The number of nitrogens with one attached hydrogen (secondary N) is 2. The van der Waals surface area contributed by atoms with Crippen molar-refractivity contribution < 1.29 is 19.0 Å². The van der Waals surface area contributed by atoms with Crippen LogP contribution in [0.15, 0.2) is 12.1 Å². The number of carbonyl (C=O) groups is 1. The molecule has 2 N–H and O–H groups in total. The van der Waals surface area contributed by atoms with E-state index >= 15 is 0 Å². The number of rotatable bonds is 6. The molecule has 2 aliphatic carbocycles. The van der Waals surface area contributed by atoms with Crippen molar-refractivity contribution >= 4 is 11.7 Å². The van der Waals surface area contributed by atoms with E-state index in [9.17, 15) is 4.79 Å². The summed E-state index contributed by atoms with van der Waals surface area (Å²) >= 11 is 0. The molecule has 1 aromatic rings. The van der Waals surface area contributed by atoms with Gasteiger partial charge < -0.3 is 24.8 Å². The smallest absolute Gasteiger partial charge is 0.319 e. The first kappa shape index (κ1) is 17.7. The molecule has 6 nitrogen and oxygen atoms in total. The topological polar surface area (TPSA) is 68.8 Å². The van der Waals surface area contributed by atoms with Crippen molar-refractivity contribution in [3.63, 3.8) is 0 Å². The van der Waals surface area contributed by atoms with E-state index in [4.69, 9.17) is 14.2 Å². The minimum atomic E-state index is -0.204. The van der Waals surface area contributed by atoms with Gasteiger partial charge in [-0.2, -0.15) is 0 Å². The van der Waals surface area contributed by atoms with Crippen LogP contribution in [0, 0.1) is 17.8 Å². The van der Waals surface area contributed by atoms with Crippen LogP contribution in [0.5, 0.6) is 17.2 Å². The largest absolute Gasteiger partial charge is 0.493 e. The highest BCUT2D eigenvalue weighted by molar-refractivity contribution is 5.90. The predicted octanol–water partition coefficient (Wildman–Crippen LogP) is 3.66. The normalized spacial score (nSPS) is 25.4. The molecule has 4 atom stereocenters. The SMILES string of the molecule is COc1cc(NC(=O)NC(C)C2CC3CCC2C3)cc(OC)c1OC. The van der Waals surface area contributed by atoms with Crippen molar-refractivity contribution in [2.45, 2.75) is 38.6 Å². The summed E-state index contributed by atoms with van der Waals surface area (Å²) in [7, 11) is 4.66. The second-order valence-electron chi connectivity index (χ2n) is 7.14. The molecular formula is C19H28N2O4. The lowest BCUT2D eigenvalue weighted by molar-refractivity contribution is 0.230. The molecular weight excluding hydrogens is 320 g/mol. The summed E-state index contributed by atoms with van der Waals surface area (Å²) in [5, 5.41) is 5.97. The molecule has 0 heterocycles. The number of amides is 2. The number of benzene rings is 1. The maximum absolute atomic E-state index is 12.4. The standard InChI is InChI=1S/C19H28N2O4/c1-11(15-8-12-5-6-13(15)7-12)20-19(22)21-14-9-16(23-2)18(25-4)17(10-14)24-3/h9-13,15H,5-8H2,1-4H3,(H2,20,21,22). The highest BCUT2D eigenvalue weighted by atomic mass is 16.5. The van der Waals surface area contributed by atoms with E-state index in [1.165, 1.54) is 25.7 Å². The van der Waals surface area contributed by atoms with Gasteiger partial charge in [-0.05, 0) is 43.9 Å². The van der Waals surface area contributed by atoms with Gasteiger partial charge in [0.1, 0.15) is 0 Å². The van der Waals surface area contributed by atoms with Crippen LogP contribution in [0.4, 0.5) is 10.5 Å². The molecule has 138 valence electrons. The molecule has 0 radical (unpaired) electrons. The van der Waals surface area contributed by atoms with Gasteiger partial charge in [0, 0.05) is 18.2 Å². The van der Waals surface area contributed by atoms with Crippen molar-refractivity contribution in [3.8, 4) is 17.2 Å². The molecule has 2 fully saturated rings. The number of fused-ring (bicyclic) bond motifs is 2. The Morgan fingerprint density at radius 1 is 1.08 bits per heavy atom. The fourth-order valence-corrected chi connectivity index (χ4v) is 4.54. The number of hydrogen-bond acceptors (Lipinski definition) is 4. The Morgan fingerprint density at radius 3 is 2.24 bits per heavy atom. The third kappa shape index (κ3) is 3.62. The van der Waals surface area contributed by atoms with Crippen LogP contribution in [-0.2, 0) is 0 Å². The zero-order chi connectivity index (χ0) is 18.0. The number of methoxy groups -OCH3 is 3. The Bertz CT molecular complexity index is 609. The lowest BCUT2D eigenvalue weighted by Gasteiger charge is -2.28. The zero-order valence-electron chi connectivity index (χ0n) is 15.4. The molecule has 2 saturated carbocycles. The molecule has 2 bridgehead atoms. The average molecular weight is 348 g/mol. The van der Waals surface area contributed by atoms with Crippen LogP contribution in [0.1, 0.15) is 32.6 Å². The molecule has 0 aliphatic heterocycles. The lowest BCUT2D eigenvalue weighted by Crippen LogP contribution is -2.42. The van der Waals surface area contributed by atoms with Crippen LogP contribution < -0.4 is 24.8 Å². The summed E-state index contributed by atoms with van der Waals surface area (Å²) in [6.45, 7) is 2.11. The first-order valence-electron chi connectivity index (χ1n) is 8.93. The highest BCUT2D eigenvalue weighted by Crippen LogP contribution is 2.49. The van der Waals surface area contributed by atoms with Crippen LogP contribution in [0.25, 0.3) is 0 Å². The number of ether oxygens (including phenoxy) is 3. The number of urea groups is 1. The molecule has 25 heavy (non-hydrogen) atoms. The van der Waals surface area contributed by atoms with Gasteiger partial charge in [-0.15, -0.1) is 0 Å². The molecule has 1 aromatic carbocycles. The predicted molar refractivity (Wildman–Crippen MR) is 96.7 cm³/mol. The zero-order valence-corrected chi connectivity index (χ0v) is 15.4. The summed E-state index contributed by atoms with van der Waals surface area (Å²) in [5.74, 6) is 3.78. The van der Waals surface area contributed by atoms with Crippen molar-refractivity contribution in [1.29, 1.82) is 0 Å². The van der Waals surface area contributed by atoms with Crippen molar-refractivity contribution in [3.05, 3.63) is 12.1 Å². The van der Waals surface area contributed by atoms with Gasteiger partial charge in [0.2, 0.25) is 5.75 Å². The monoisotopic (exact) mass is 348 g/mol. The van der Waals surface area contributed by atoms with E-state index in [1.54, 1.807) is 33.5 Å². The maximum atomic E-state index is 12.4. The van der Waals surface area contributed by atoms with E-state index in [0.717, 1.165) is 11.8 Å². The Balaban J connectivity index is 1.64. The van der Waals surface area contributed by atoms with Gasteiger partial charge in [-0.3, -0.25) is 0 Å². The summed E-state index contributed by atoms with van der Waals surface area (Å²) in [6.07, 6.45) is 5.27. The second-order valence-corrected chi connectivity index (χ2v) is 7.14. The molecule has 0 spiro atoms. The van der Waals surface area contributed by atoms with E-state index in [0.29, 0.717) is 28.9 Å². The van der Waals surface area contributed by atoms with Crippen LogP contribution >= 0.6 is 0 Å². The molecule has 0 aromatic heterocycles. The number of hydrogen-bond donors (Lipinski definition) is 2. The fourth-order valence-electron chi connectivity index (χ4n) is 4.54. The van der Waals surface area contributed by atoms with Crippen molar-refractivity contribution in [1.82, 2.24) is 5.32 Å². The van der Waals surface area contributed by atoms with Gasteiger partial charge in [0.05, 0.1) is 27.0 Å². The molecule has 6 heteroatoms. The van der Waals surface area contributed by atoms with E-state index in [2.05, 4.69) is 17.6 Å². The van der Waals surface area contributed by atoms with Crippen LogP contribution in [0.2, 0.25) is 0 Å². The van der Waals surface area contributed by atoms with Crippen molar-refractivity contribution in [2.75, 3.05) is 26.6 Å². The van der Waals surface area contributed by atoms with Crippen LogP contribution in [0.3, 0.4) is 0 Å². The Hall–Kier alpha value is -2.11. The van der Waals surface area contributed by atoms with Crippen molar-refractivity contribution in [2.24, 2.45) is 17.8 Å². The second kappa shape index (κ2) is 7.42. The van der Waals surface area contributed by atoms with Gasteiger partial charge >= 0.3 is 6.03 Å². The van der Waals surface area contributed by atoms with E-state index < -0.39 is 0 Å². The third-order valence-electron chi connectivity index (χ3n) is 5.72. The van der Waals surface area contributed by atoms with E-state index in [-0.39, 0.29) is 12.1 Å². The van der Waals surface area contributed by atoms with Gasteiger partial charge in [0.15, 0.2) is 11.5 Å². The lowest BCUT2D eigenvalue weighted by atomic mass is 9.84. The molecule has 0 saturated heterocycles. The maximum Gasteiger partial charge on any atom is 0.319 e. The first-order valence-corrected chi connectivity index (χ1v) is 8.93. The summed E-state index contributed by atoms with van der Waals surface area (Å²) in [6, 6.07) is 3.42. The van der Waals surface area contributed by atoms with Gasteiger partial charge in [0.25, 0.3) is 0 Å². The molecule has 3 rings (SSSR count). The van der Waals surface area contributed by atoms with Gasteiger partial charge in [-0.25, -0.2) is 4.79 Å². The minimum absolute atomic E-state index is 0.178. The van der Waals surface area contributed by atoms with Crippen LogP contribution in [-0.4, -0.2) is 33.4 Å². The molecule has 4 unspecified atom stereocenters. The summed E-state index contributed by atoms with van der Waals surface area (Å²) in [5.41, 5.74) is 0.604. The minimum Gasteiger partial charge on any atom is -0.493 e.